The number of rotatable bonds is 6. The first kappa shape index (κ1) is 22.0. The lowest BCUT2D eigenvalue weighted by Gasteiger charge is -2.36. The predicted molar refractivity (Wildman–Crippen MR) is 115 cm³/mol. The fourth-order valence-electron chi connectivity index (χ4n) is 5.02. The van der Waals surface area contributed by atoms with E-state index in [1.165, 1.54) is 37.8 Å². The lowest BCUT2D eigenvalue weighted by Crippen LogP contribution is -2.28. The lowest BCUT2D eigenvalue weighted by molar-refractivity contribution is 0.0221. The van der Waals surface area contributed by atoms with Gasteiger partial charge in [0.15, 0.2) is 0 Å². The molecule has 1 nitrogen and oxygen atoms in total. The average Bonchev–Trinajstić information content (AvgIpc) is 2.73. The van der Waals surface area contributed by atoms with Gasteiger partial charge in [0.2, 0.25) is 0 Å². The van der Waals surface area contributed by atoms with Crippen molar-refractivity contribution in [1.82, 2.24) is 0 Å². The molecule has 0 aromatic heterocycles. The molecule has 2 aliphatic rings. The molecule has 0 heterocycles. The molecule has 3 heteroatoms. The third-order valence-electron chi connectivity index (χ3n) is 6.65. The SMILES string of the molecule is C=CCO[C@H]1CC[C@H](C2CCC(C#Cc3c(F)cc(CCC)cc3F)CC2)CC1. The van der Waals surface area contributed by atoms with Crippen molar-refractivity contribution < 1.29 is 13.5 Å². The molecule has 0 aliphatic heterocycles. The average molecular weight is 401 g/mol. The van der Waals surface area contributed by atoms with Crippen molar-refractivity contribution in [3.05, 3.63) is 47.5 Å². The van der Waals surface area contributed by atoms with Gasteiger partial charge >= 0.3 is 0 Å². The molecule has 29 heavy (non-hydrogen) atoms. The van der Waals surface area contributed by atoms with Crippen LogP contribution in [0.3, 0.4) is 0 Å². The Morgan fingerprint density at radius 3 is 2.14 bits per heavy atom. The third-order valence-corrected chi connectivity index (χ3v) is 6.65. The molecule has 1 aromatic carbocycles. The fraction of sp³-hybridized carbons (Fsp3) is 0.615. The molecule has 1 aromatic rings. The van der Waals surface area contributed by atoms with E-state index in [-0.39, 0.29) is 11.5 Å². The smallest absolute Gasteiger partial charge is 0.142 e. The van der Waals surface area contributed by atoms with Gasteiger partial charge in [0.05, 0.1) is 18.3 Å². The Morgan fingerprint density at radius 1 is 1.00 bits per heavy atom. The minimum Gasteiger partial charge on any atom is -0.374 e. The van der Waals surface area contributed by atoms with Gasteiger partial charge in [-0.25, -0.2) is 8.78 Å². The Morgan fingerprint density at radius 2 is 1.59 bits per heavy atom. The summed E-state index contributed by atoms with van der Waals surface area (Å²) in [5.41, 5.74) is 0.642. The molecule has 2 aliphatic carbocycles. The second kappa shape index (κ2) is 10.9. The summed E-state index contributed by atoms with van der Waals surface area (Å²) >= 11 is 0. The standard InChI is InChI=1S/C26H34F2O/c1-3-5-20-17-25(27)24(26(28)18-20)15-8-19-6-9-21(10-7-19)22-11-13-23(14-12-22)29-16-4-2/h4,17-19,21-23H,2-3,5-7,9-14,16H2,1H3/t19?,21?,22-,23-. The molecule has 0 saturated heterocycles. The van der Waals surface area contributed by atoms with Crippen LogP contribution in [-0.4, -0.2) is 12.7 Å². The maximum absolute atomic E-state index is 14.2. The normalized spacial score (nSPS) is 27.1. The number of ether oxygens (including phenoxy) is 1. The highest BCUT2D eigenvalue weighted by molar-refractivity contribution is 5.39. The van der Waals surface area contributed by atoms with Crippen LogP contribution in [-0.2, 0) is 11.2 Å². The Labute approximate surface area is 174 Å². The molecule has 2 fully saturated rings. The van der Waals surface area contributed by atoms with Gasteiger partial charge in [0, 0.05) is 5.92 Å². The highest BCUT2D eigenvalue weighted by Gasteiger charge is 2.30. The first-order chi connectivity index (χ1) is 14.1. The molecule has 158 valence electrons. The predicted octanol–water partition coefficient (Wildman–Crippen LogP) is 6.84. The molecule has 0 bridgehead atoms. The Balaban J connectivity index is 1.49. The second-order valence-electron chi connectivity index (χ2n) is 8.72. The summed E-state index contributed by atoms with van der Waals surface area (Å²) in [7, 11) is 0. The zero-order chi connectivity index (χ0) is 20.6. The van der Waals surface area contributed by atoms with E-state index in [0.717, 1.165) is 43.9 Å². The van der Waals surface area contributed by atoms with E-state index in [1.54, 1.807) is 0 Å². The van der Waals surface area contributed by atoms with Crippen LogP contribution in [0.15, 0.2) is 24.8 Å². The summed E-state index contributed by atoms with van der Waals surface area (Å²) < 4.78 is 34.3. The van der Waals surface area contributed by atoms with E-state index in [0.29, 0.717) is 24.7 Å². The summed E-state index contributed by atoms with van der Waals surface area (Å²) in [4.78, 5) is 0. The number of halogens is 2. The van der Waals surface area contributed by atoms with Crippen molar-refractivity contribution in [1.29, 1.82) is 0 Å². The topological polar surface area (TPSA) is 9.23 Å². The van der Waals surface area contributed by atoms with E-state index in [9.17, 15) is 8.78 Å². The number of benzene rings is 1. The fourth-order valence-corrected chi connectivity index (χ4v) is 5.02. The van der Waals surface area contributed by atoms with Gasteiger partial charge in [0.25, 0.3) is 0 Å². The Kier molecular flexibility index (Phi) is 8.30. The second-order valence-corrected chi connectivity index (χ2v) is 8.72. The number of aryl methyl sites for hydroxylation is 1. The first-order valence-corrected chi connectivity index (χ1v) is 11.3. The van der Waals surface area contributed by atoms with Gasteiger partial charge in [0.1, 0.15) is 11.6 Å². The largest absolute Gasteiger partial charge is 0.374 e. The van der Waals surface area contributed by atoms with E-state index < -0.39 is 11.6 Å². The monoisotopic (exact) mass is 400 g/mol. The van der Waals surface area contributed by atoms with Crippen molar-refractivity contribution in [2.75, 3.05) is 6.61 Å². The van der Waals surface area contributed by atoms with Crippen molar-refractivity contribution in [2.45, 2.75) is 77.2 Å². The number of hydrogen-bond donors (Lipinski definition) is 0. The maximum atomic E-state index is 14.2. The summed E-state index contributed by atoms with van der Waals surface area (Å²) in [5.74, 6) is 6.76. The highest BCUT2D eigenvalue weighted by atomic mass is 19.1. The van der Waals surface area contributed by atoms with Crippen molar-refractivity contribution in [2.24, 2.45) is 17.8 Å². The van der Waals surface area contributed by atoms with Gasteiger partial charge in [-0.3, -0.25) is 0 Å². The maximum Gasteiger partial charge on any atom is 0.142 e. The van der Waals surface area contributed by atoms with Gasteiger partial charge in [-0.05, 0) is 87.3 Å². The van der Waals surface area contributed by atoms with Crippen LogP contribution in [0.5, 0.6) is 0 Å². The van der Waals surface area contributed by atoms with E-state index in [1.807, 2.05) is 13.0 Å². The van der Waals surface area contributed by atoms with Crippen LogP contribution in [0.2, 0.25) is 0 Å². The van der Waals surface area contributed by atoms with E-state index in [4.69, 9.17) is 4.74 Å². The molecule has 0 N–H and O–H groups in total. The van der Waals surface area contributed by atoms with Gasteiger partial charge in [-0.15, -0.1) is 6.58 Å². The molecule has 0 spiro atoms. The molecular formula is C26H34F2O. The summed E-state index contributed by atoms with van der Waals surface area (Å²) in [6, 6.07) is 2.87. The first-order valence-electron chi connectivity index (χ1n) is 11.3. The molecule has 0 atom stereocenters. The molecule has 0 amide bonds. The van der Waals surface area contributed by atoms with Crippen LogP contribution in [0.25, 0.3) is 0 Å². The van der Waals surface area contributed by atoms with Crippen LogP contribution in [0.4, 0.5) is 8.78 Å². The van der Waals surface area contributed by atoms with Gasteiger partial charge in [-0.1, -0.05) is 31.3 Å². The quantitative estimate of drug-likeness (QED) is 0.375. The molecule has 0 radical (unpaired) electrons. The zero-order valence-corrected chi connectivity index (χ0v) is 17.7. The minimum atomic E-state index is -0.523. The molecule has 3 rings (SSSR count). The summed E-state index contributed by atoms with van der Waals surface area (Å²) in [6.45, 7) is 6.37. The summed E-state index contributed by atoms with van der Waals surface area (Å²) in [5, 5.41) is 0. The van der Waals surface area contributed by atoms with Crippen LogP contribution >= 0.6 is 0 Å². The minimum absolute atomic E-state index is 0.0650. The Hall–Kier alpha value is -1.66. The molecular weight excluding hydrogens is 366 g/mol. The lowest BCUT2D eigenvalue weighted by atomic mass is 9.70. The summed E-state index contributed by atoms with van der Waals surface area (Å²) in [6.07, 6.45) is 13.1. The van der Waals surface area contributed by atoms with Gasteiger partial charge in [-0.2, -0.15) is 0 Å². The van der Waals surface area contributed by atoms with E-state index >= 15 is 0 Å². The van der Waals surface area contributed by atoms with E-state index in [2.05, 4.69) is 18.4 Å². The van der Waals surface area contributed by atoms with Crippen LogP contribution in [0.1, 0.15) is 75.8 Å². The zero-order valence-electron chi connectivity index (χ0n) is 17.7. The molecule has 2 saturated carbocycles. The van der Waals surface area contributed by atoms with Crippen molar-refractivity contribution in [3.8, 4) is 11.8 Å². The number of hydrogen-bond acceptors (Lipinski definition) is 1. The third kappa shape index (κ3) is 6.16. The van der Waals surface area contributed by atoms with Gasteiger partial charge < -0.3 is 4.74 Å². The highest BCUT2D eigenvalue weighted by Crippen LogP contribution is 2.40. The van der Waals surface area contributed by atoms with Crippen LogP contribution in [0, 0.1) is 41.2 Å². The van der Waals surface area contributed by atoms with Crippen molar-refractivity contribution in [3.63, 3.8) is 0 Å². The van der Waals surface area contributed by atoms with Crippen molar-refractivity contribution >= 4 is 0 Å². The Bertz CT molecular complexity index is 706. The molecule has 0 unspecified atom stereocenters. The van der Waals surface area contributed by atoms with Crippen LogP contribution < -0.4 is 0 Å².